The van der Waals surface area contributed by atoms with Gasteiger partial charge in [0.1, 0.15) is 0 Å². The molecule has 0 atom stereocenters. The number of primary amides is 1. The molecule has 1 aromatic carbocycles. The van der Waals surface area contributed by atoms with E-state index in [4.69, 9.17) is 10.5 Å². The zero-order valence-corrected chi connectivity index (χ0v) is 12.0. The number of ether oxygens (including phenoxy) is 3. The van der Waals surface area contributed by atoms with Crippen molar-refractivity contribution in [2.75, 3.05) is 13.2 Å². The van der Waals surface area contributed by atoms with Gasteiger partial charge >= 0.3 is 18.6 Å². The summed E-state index contributed by atoms with van der Waals surface area (Å²) >= 11 is 0. The number of nitrogens with two attached hydrogens (primary N) is 1. The highest BCUT2D eigenvalue weighted by atomic mass is 19.3. The largest absolute Gasteiger partial charge is 0.490 e. The topological polar surface area (TPSA) is 117 Å². The molecule has 1 rings (SSSR count). The number of halogens is 2. The molecule has 3 N–H and O–H groups in total. The highest BCUT2D eigenvalue weighted by Crippen LogP contribution is 2.30. The van der Waals surface area contributed by atoms with Crippen molar-refractivity contribution in [3.8, 4) is 11.5 Å². The standard InChI is InChI=1S/C13H14F2N2O6/c1-2-21-9-5-7(3-4-8(9)23-12(14)15)11(19)22-6-10(18)17-13(16)20/h3-5,12H,2,6H2,1H3,(H3,16,17,18,20). The van der Waals surface area contributed by atoms with Gasteiger partial charge in [0, 0.05) is 0 Å². The fourth-order valence-electron chi connectivity index (χ4n) is 1.48. The van der Waals surface area contributed by atoms with Crippen LogP contribution < -0.4 is 20.5 Å². The van der Waals surface area contributed by atoms with Crippen LogP contribution in [0, 0.1) is 0 Å². The van der Waals surface area contributed by atoms with Crippen LogP contribution in [0.15, 0.2) is 18.2 Å². The second-order valence-electron chi connectivity index (χ2n) is 3.96. The molecule has 0 fully saturated rings. The van der Waals surface area contributed by atoms with Gasteiger partial charge in [-0.2, -0.15) is 8.78 Å². The third-order valence-corrected chi connectivity index (χ3v) is 2.29. The number of benzene rings is 1. The zero-order valence-electron chi connectivity index (χ0n) is 12.0. The van der Waals surface area contributed by atoms with Crippen LogP contribution in [0.4, 0.5) is 13.6 Å². The van der Waals surface area contributed by atoms with Crippen molar-refractivity contribution in [1.82, 2.24) is 5.32 Å². The molecule has 0 unspecified atom stereocenters. The first kappa shape index (κ1) is 18.1. The van der Waals surface area contributed by atoms with E-state index in [9.17, 15) is 23.2 Å². The van der Waals surface area contributed by atoms with Gasteiger partial charge in [-0.25, -0.2) is 9.59 Å². The summed E-state index contributed by atoms with van der Waals surface area (Å²) in [5.74, 6) is -2.16. The molecule has 0 bridgehead atoms. The molecule has 0 saturated heterocycles. The number of hydrogen-bond acceptors (Lipinski definition) is 6. The predicted octanol–water partition coefficient (Wildman–Crippen LogP) is 1.04. The molecule has 0 aliphatic carbocycles. The van der Waals surface area contributed by atoms with E-state index < -0.39 is 31.1 Å². The minimum absolute atomic E-state index is 0.0538. The lowest BCUT2D eigenvalue weighted by Crippen LogP contribution is -2.37. The lowest BCUT2D eigenvalue weighted by Gasteiger charge is -2.12. The number of nitrogens with one attached hydrogen (secondary N) is 1. The summed E-state index contributed by atoms with van der Waals surface area (Å²) in [6, 6.07) is 2.32. The maximum absolute atomic E-state index is 12.3. The fraction of sp³-hybridized carbons (Fsp3) is 0.308. The van der Waals surface area contributed by atoms with E-state index in [2.05, 4.69) is 9.47 Å². The summed E-state index contributed by atoms with van der Waals surface area (Å²) in [6.45, 7) is -2.02. The molecule has 1 aromatic rings. The van der Waals surface area contributed by atoms with Crippen LogP contribution in [-0.2, 0) is 9.53 Å². The Bertz CT molecular complexity index is 594. The molecule has 126 valence electrons. The molecule has 0 saturated carbocycles. The summed E-state index contributed by atoms with van der Waals surface area (Å²) in [4.78, 5) is 33.3. The van der Waals surface area contributed by atoms with Gasteiger partial charge in [-0.1, -0.05) is 0 Å². The van der Waals surface area contributed by atoms with E-state index in [1.807, 2.05) is 0 Å². The lowest BCUT2D eigenvalue weighted by molar-refractivity contribution is -0.123. The summed E-state index contributed by atoms with van der Waals surface area (Å²) in [5.41, 5.74) is 4.66. The van der Waals surface area contributed by atoms with E-state index in [-0.39, 0.29) is 23.7 Å². The van der Waals surface area contributed by atoms with Crippen LogP contribution in [0.3, 0.4) is 0 Å². The minimum Gasteiger partial charge on any atom is -0.490 e. The Balaban J connectivity index is 2.78. The number of esters is 1. The normalized spacial score (nSPS) is 10.1. The first-order valence-electron chi connectivity index (χ1n) is 6.31. The average molecular weight is 332 g/mol. The summed E-state index contributed by atoms with van der Waals surface area (Å²) in [5, 5.41) is 1.71. The van der Waals surface area contributed by atoms with Crippen LogP contribution in [-0.4, -0.2) is 37.7 Å². The molecular weight excluding hydrogens is 318 g/mol. The van der Waals surface area contributed by atoms with E-state index >= 15 is 0 Å². The number of imide groups is 1. The first-order chi connectivity index (χ1) is 10.8. The van der Waals surface area contributed by atoms with Gasteiger partial charge in [0.15, 0.2) is 18.1 Å². The number of carbonyl (C=O) groups excluding carboxylic acids is 3. The molecule has 0 aliphatic rings. The maximum atomic E-state index is 12.3. The number of carbonyl (C=O) groups is 3. The van der Waals surface area contributed by atoms with Crippen molar-refractivity contribution in [3.05, 3.63) is 23.8 Å². The van der Waals surface area contributed by atoms with Gasteiger partial charge in [0.2, 0.25) is 0 Å². The summed E-state index contributed by atoms with van der Waals surface area (Å²) in [7, 11) is 0. The third kappa shape index (κ3) is 6.16. The number of urea groups is 1. The Labute approximate surface area is 129 Å². The Morgan fingerprint density at radius 2 is 1.96 bits per heavy atom. The molecule has 0 heterocycles. The van der Waals surface area contributed by atoms with E-state index in [1.165, 1.54) is 0 Å². The predicted molar refractivity (Wildman–Crippen MR) is 72.3 cm³/mol. The average Bonchev–Trinajstić information content (AvgIpc) is 2.45. The Morgan fingerprint density at radius 3 is 2.52 bits per heavy atom. The summed E-state index contributed by atoms with van der Waals surface area (Å²) in [6.07, 6.45) is 0. The van der Waals surface area contributed by atoms with Gasteiger partial charge in [-0.05, 0) is 25.1 Å². The van der Waals surface area contributed by atoms with Crippen LogP contribution in [0.25, 0.3) is 0 Å². The van der Waals surface area contributed by atoms with Gasteiger partial charge in [-0.3, -0.25) is 10.1 Å². The van der Waals surface area contributed by atoms with Crippen molar-refractivity contribution in [1.29, 1.82) is 0 Å². The fourth-order valence-corrected chi connectivity index (χ4v) is 1.48. The van der Waals surface area contributed by atoms with Gasteiger partial charge in [-0.15, -0.1) is 0 Å². The van der Waals surface area contributed by atoms with Crippen molar-refractivity contribution in [2.24, 2.45) is 5.73 Å². The smallest absolute Gasteiger partial charge is 0.387 e. The van der Waals surface area contributed by atoms with Crippen molar-refractivity contribution in [3.63, 3.8) is 0 Å². The second kappa shape index (κ2) is 8.51. The van der Waals surface area contributed by atoms with Gasteiger partial charge < -0.3 is 19.9 Å². The van der Waals surface area contributed by atoms with Gasteiger partial charge in [0.25, 0.3) is 5.91 Å². The molecule has 3 amide bonds. The number of alkyl halides is 2. The molecule has 0 aromatic heterocycles. The van der Waals surface area contributed by atoms with E-state index in [0.717, 1.165) is 18.2 Å². The molecule has 0 aliphatic heterocycles. The second-order valence-corrected chi connectivity index (χ2v) is 3.96. The molecular formula is C13H14F2N2O6. The van der Waals surface area contributed by atoms with Crippen molar-refractivity contribution >= 4 is 17.9 Å². The third-order valence-electron chi connectivity index (χ3n) is 2.29. The minimum atomic E-state index is -3.05. The maximum Gasteiger partial charge on any atom is 0.387 e. The van der Waals surface area contributed by atoms with E-state index in [1.54, 1.807) is 12.2 Å². The SMILES string of the molecule is CCOc1cc(C(=O)OCC(=O)NC(N)=O)ccc1OC(F)F. The Morgan fingerprint density at radius 1 is 1.26 bits per heavy atom. The number of rotatable bonds is 7. The number of amides is 3. The molecule has 23 heavy (non-hydrogen) atoms. The van der Waals surface area contributed by atoms with Crippen LogP contribution >= 0.6 is 0 Å². The quantitative estimate of drug-likeness (QED) is 0.721. The highest BCUT2D eigenvalue weighted by molar-refractivity contribution is 5.96. The van der Waals surface area contributed by atoms with E-state index in [0.29, 0.717) is 0 Å². The molecule has 0 radical (unpaired) electrons. The van der Waals surface area contributed by atoms with Gasteiger partial charge in [0.05, 0.1) is 12.2 Å². The van der Waals surface area contributed by atoms with Crippen LogP contribution in [0.1, 0.15) is 17.3 Å². The highest BCUT2D eigenvalue weighted by Gasteiger charge is 2.16. The van der Waals surface area contributed by atoms with Crippen LogP contribution in [0.2, 0.25) is 0 Å². The van der Waals surface area contributed by atoms with Crippen molar-refractivity contribution < 1.29 is 37.4 Å². The monoisotopic (exact) mass is 332 g/mol. The Kier molecular flexibility index (Phi) is 6.71. The Hall–Kier alpha value is -2.91. The molecule has 0 spiro atoms. The molecule has 8 nitrogen and oxygen atoms in total. The molecule has 10 heteroatoms. The number of hydrogen-bond donors (Lipinski definition) is 2. The summed E-state index contributed by atoms with van der Waals surface area (Å²) < 4.78 is 38.5. The first-order valence-corrected chi connectivity index (χ1v) is 6.31. The lowest BCUT2D eigenvalue weighted by atomic mass is 10.2. The van der Waals surface area contributed by atoms with Crippen LogP contribution in [0.5, 0.6) is 11.5 Å². The zero-order chi connectivity index (χ0) is 17.4. The van der Waals surface area contributed by atoms with Crippen molar-refractivity contribution in [2.45, 2.75) is 13.5 Å².